The number of nitrogens with zero attached hydrogens (tertiary/aromatic N) is 11. The molecule has 0 aliphatic rings. The molecule has 0 aliphatic carbocycles. The lowest BCUT2D eigenvalue weighted by Gasteiger charge is -2.16. The first-order valence-electron chi connectivity index (χ1n) is 41.5. The van der Waals surface area contributed by atoms with Crippen LogP contribution in [0.4, 0.5) is 90.7 Å². The zero-order valence-electron chi connectivity index (χ0n) is 79.3. The number of non-ortho nitro benzene ring substituents is 4. The van der Waals surface area contributed by atoms with Gasteiger partial charge in [0, 0.05) is 82.0 Å². The number of aromatic nitrogens is 5. The molecule has 15 rings (SSSR count). The number of amides is 1. The van der Waals surface area contributed by atoms with Crippen LogP contribution in [0.25, 0.3) is 76.8 Å². The van der Waals surface area contributed by atoms with Crippen molar-refractivity contribution in [1.29, 1.82) is 0 Å². The highest BCUT2D eigenvalue weighted by Crippen LogP contribution is 2.48. The van der Waals surface area contributed by atoms with E-state index in [2.05, 4.69) is 101 Å². The van der Waals surface area contributed by atoms with Gasteiger partial charge in [-0.1, -0.05) is 55.1 Å². The van der Waals surface area contributed by atoms with Gasteiger partial charge in [-0.3, -0.25) is 75.3 Å². The van der Waals surface area contributed by atoms with Crippen LogP contribution in [-0.4, -0.2) is 133 Å². The van der Waals surface area contributed by atoms with Crippen LogP contribution in [-0.2, 0) is 28.1 Å². The van der Waals surface area contributed by atoms with Gasteiger partial charge in [0.05, 0.1) is 161 Å². The van der Waals surface area contributed by atoms with Crippen LogP contribution in [0.15, 0.2) is 225 Å². The van der Waals surface area contributed by atoms with Crippen molar-refractivity contribution in [2.75, 3.05) is 66.6 Å². The molecule has 0 saturated heterocycles. The number of hydrogen-bond donors (Lipinski definition) is 5. The SMILES string of the molecule is C=CC(C)=O.COc1cc(N)c2nccc(C)c2c1-c1cccc(C(F)(F)F)c1.COc1cc([N+](=O)[O-])c(N)cc1Br.COc1cc([N+](=O)[O-])c(NC(C)=O)cc1Br.COc1cc([N+](=O)[O-])c2nccc(C)c2c1.COc1cc([N+](=O)[O-])c2nccc(C)c2c1-c1cccc(C(F)(F)F)c1.COc1cc([N+](=O)[O-])c2nccc(C)c2c1Br.COc1cc([N+](=O)[O-])c2nccc(C)c2c1Br.OB(O)c1cccc(C(F)(F)F)c1. The molecule has 0 radical (unpaired) electrons. The number of nitro benzene ring substituents is 6. The number of nitrogens with one attached hydrogen (secondary N) is 1. The van der Waals surface area contributed by atoms with E-state index in [1.807, 2.05) is 33.8 Å². The highest BCUT2D eigenvalue weighted by Gasteiger charge is 2.35. The van der Waals surface area contributed by atoms with Crippen molar-refractivity contribution in [2.24, 2.45) is 0 Å². The molecule has 1 amide bonds. The van der Waals surface area contributed by atoms with Gasteiger partial charge >= 0.3 is 25.6 Å². The normalized spacial score (nSPS) is 10.7. The maximum Gasteiger partial charge on any atom is 0.488 e. The van der Waals surface area contributed by atoms with Gasteiger partial charge in [0.25, 0.3) is 34.1 Å². The number of ether oxygens (including phenoxy) is 7. The number of halogens is 13. The minimum absolute atomic E-state index is 0.0185. The summed E-state index contributed by atoms with van der Waals surface area (Å²) < 4.78 is 153. The molecule has 0 atom stereocenters. The van der Waals surface area contributed by atoms with E-state index in [0.29, 0.717) is 130 Å². The molecule has 0 saturated carbocycles. The predicted octanol–water partition coefficient (Wildman–Crippen LogP) is 24.3. The average molecular weight is 2300 g/mol. The van der Waals surface area contributed by atoms with Crippen LogP contribution in [0.5, 0.6) is 40.2 Å². The molecule has 0 aliphatic heterocycles. The molecule has 15 aromatic rings. The maximum atomic E-state index is 13.1. The number of carbonyl (C=O) groups excluding carboxylic acids is 2. The van der Waals surface area contributed by atoms with E-state index in [4.69, 9.17) is 54.7 Å². The second-order valence-electron chi connectivity index (χ2n) is 30.2. The van der Waals surface area contributed by atoms with Gasteiger partial charge in [-0.2, -0.15) is 39.5 Å². The van der Waals surface area contributed by atoms with Crippen LogP contribution in [0, 0.1) is 95.3 Å². The molecule has 147 heavy (non-hydrogen) atoms. The number of aryl methyl sites for hydroxylation is 5. The van der Waals surface area contributed by atoms with Gasteiger partial charge in [0.1, 0.15) is 73.7 Å². The Morgan fingerprint density at radius 1 is 0.388 bits per heavy atom. The number of methoxy groups -OCH3 is 7. The number of benzene rings is 10. The molecule has 7 N–H and O–H groups in total. The lowest BCUT2D eigenvalue weighted by atomic mass is 9.79. The number of ketones is 1. The van der Waals surface area contributed by atoms with E-state index < -0.39 is 71.9 Å². The molecular formula is C96H84BBr4F9N14O23. The summed E-state index contributed by atoms with van der Waals surface area (Å²) in [5.41, 5.74) is 16.3. The molecule has 51 heteroatoms. The topological polar surface area (TPSA) is 527 Å². The molecule has 0 unspecified atom stereocenters. The number of pyridine rings is 5. The van der Waals surface area contributed by atoms with Crippen molar-refractivity contribution in [3.8, 4) is 62.5 Å². The fourth-order valence-electron chi connectivity index (χ4n) is 13.6. The number of rotatable bonds is 18. The van der Waals surface area contributed by atoms with Gasteiger partial charge in [0.2, 0.25) is 5.91 Å². The number of alkyl halides is 9. The molecule has 0 spiro atoms. The van der Waals surface area contributed by atoms with Gasteiger partial charge in [0.15, 0.2) is 5.78 Å². The predicted molar refractivity (Wildman–Crippen MR) is 548 cm³/mol. The summed E-state index contributed by atoms with van der Waals surface area (Å²) in [5, 5.41) is 88.3. The summed E-state index contributed by atoms with van der Waals surface area (Å²) in [7, 11) is 8.17. The Kier molecular flexibility index (Phi) is 41.7. The fraction of sp³-hybridized carbons (Fsp3) is 0.177. The lowest BCUT2D eigenvalue weighted by molar-refractivity contribution is -0.384. The second-order valence-corrected chi connectivity index (χ2v) is 33.5. The number of carbonyl (C=O) groups is 2. The fourth-order valence-corrected chi connectivity index (χ4v) is 16.2. The van der Waals surface area contributed by atoms with Gasteiger partial charge in [-0.25, -0.2) is 19.9 Å². The Balaban J connectivity index is 0.000000228. The maximum absolute atomic E-state index is 13.1. The van der Waals surface area contributed by atoms with E-state index in [1.165, 1.54) is 149 Å². The largest absolute Gasteiger partial charge is 0.496 e. The third-order valence-corrected chi connectivity index (χ3v) is 23.4. The van der Waals surface area contributed by atoms with Crippen molar-refractivity contribution >= 4 is 194 Å². The number of nitro groups is 6. The number of anilines is 3. The van der Waals surface area contributed by atoms with Crippen LogP contribution < -0.4 is 55.4 Å². The molecule has 0 fully saturated rings. The third kappa shape index (κ3) is 30.1. The Morgan fingerprint density at radius 2 is 0.707 bits per heavy atom. The van der Waals surface area contributed by atoms with Crippen LogP contribution in [0.1, 0.15) is 58.4 Å². The Morgan fingerprint density at radius 3 is 1.07 bits per heavy atom. The van der Waals surface area contributed by atoms with E-state index in [-0.39, 0.29) is 79.5 Å². The molecule has 10 aromatic carbocycles. The summed E-state index contributed by atoms with van der Waals surface area (Å²) in [5.74, 6) is 2.22. The summed E-state index contributed by atoms with van der Waals surface area (Å²) in [6, 6.07) is 36.7. The number of allylic oxidation sites excluding steroid dienone is 1. The first kappa shape index (κ1) is 118. The summed E-state index contributed by atoms with van der Waals surface area (Å²) in [6.45, 7) is 15.2. The minimum atomic E-state index is -4.51. The number of hydrogen-bond acceptors (Lipinski definition) is 30. The molecule has 5 aromatic heterocycles. The minimum Gasteiger partial charge on any atom is -0.496 e. The number of fused-ring (bicyclic) bond motifs is 5. The van der Waals surface area contributed by atoms with E-state index >= 15 is 0 Å². The van der Waals surface area contributed by atoms with Crippen LogP contribution >= 0.6 is 63.7 Å². The zero-order valence-corrected chi connectivity index (χ0v) is 85.6. The van der Waals surface area contributed by atoms with E-state index in [0.717, 1.165) is 64.0 Å². The zero-order chi connectivity index (χ0) is 110. The van der Waals surface area contributed by atoms with E-state index in [1.54, 1.807) is 74.2 Å². The molecular weight excluding hydrogens is 2220 g/mol. The highest BCUT2D eigenvalue weighted by molar-refractivity contribution is 9.11. The van der Waals surface area contributed by atoms with Crippen molar-refractivity contribution in [3.05, 3.63) is 331 Å². The monoisotopic (exact) mass is 2300 g/mol. The van der Waals surface area contributed by atoms with Crippen molar-refractivity contribution in [3.63, 3.8) is 0 Å². The first-order valence-corrected chi connectivity index (χ1v) is 44.7. The van der Waals surface area contributed by atoms with Crippen molar-refractivity contribution in [1.82, 2.24) is 24.9 Å². The first-order chi connectivity index (χ1) is 69.0. The van der Waals surface area contributed by atoms with Crippen molar-refractivity contribution in [2.45, 2.75) is 67.0 Å². The van der Waals surface area contributed by atoms with Crippen molar-refractivity contribution < 1.29 is 122 Å². The summed E-state index contributed by atoms with van der Waals surface area (Å²) in [6.07, 6.45) is -4.37. The molecule has 0 bridgehead atoms. The number of nitrogen functional groups attached to an aromatic ring is 2. The second kappa shape index (κ2) is 52.0. The van der Waals surface area contributed by atoms with Gasteiger partial charge in [-0.05, 0) is 229 Å². The Bertz CT molecular complexity index is 7430. The smallest absolute Gasteiger partial charge is 0.488 e. The van der Waals surface area contributed by atoms with Gasteiger partial charge < -0.3 is 60.0 Å². The molecule has 770 valence electrons. The highest BCUT2D eigenvalue weighted by atomic mass is 79.9. The van der Waals surface area contributed by atoms with Crippen LogP contribution in [0.3, 0.4) is 0 Å². The third-order valence-electron chi connectivity index (χ3n) is 20.5. The van der Waals surface area contributed by atoms with Crippen LogP contribution in [0.2, 0.25) is 0 Å². The Labute approximate surface area is 861 Å². The Hall–Kier alpha value is -16.0. The standard InChI is InChI=1S/C18H13F3N2O3.C18H15F3N2O.2C11H9BrN2O3.C11H10N2O3.C9H9BrN2O4.C7H6BF3O2.C7H7BrN2O3.C4H6O/c1-10-6-7-22-17-13(23(24)25)9-14(26-2)16(15(10)17)11-4-3-5-12(8-11)18(19,20)21;1-10-6-7-23-17-13(22)9-14(24-2)16(15(10)17)11-4-3-5-12(8-11)18(19,20)21;2*1-6-3-4-13-11-7(14(15)16)5-8(17-2)10(12)9(6)11;1-7-3-4-12-11-9(7)5-8(16-2)6-10(11)13(14)15;1-5(13)11-7-3-6(10)9(16-2)4-8(7)12(14)15;9-7(10,11)5-2-1-3-6(4-5)8(12)13;1-13-7-3-6(10(11)12)5(9)2-4(7)8;1-3-4(2)5/h3-9H,1-2H3;3-9H,22H2,1-2H3;2*3-5H,1-2H3;3-6H,1-2H3;3-4H,1-2H3,(H,11,13);1-4,12-13H;2-3H,9H2,1H3;3H,1H2,2H3. The average Bonchev–Trinajstić information content (AvgIpc) is 0.753. The van der Waals surface area contributed by atoms with Gasteiger partial charge in [-0.15, -0.1) is 0 Å². The quantitative estimate of drug-likeness (QED) is 0.0133. The molecule has 37 nitrogen and oxygen atoms in total. The summed E-state index contributed by atoms with van der Waals surface area (Å²) in [4.78, 5) is 104. The molecule has 5 heterocycles. The number of nitrogens with two attached hydrogens (primary N) is 2. The lowest BCUT2D eigenvalue weighted by Crippen LogP contribution is -2.30. The summed E-state index contributed by atoms with van der Waals surface area (Å²) >= 11 is 13.1. The van der Waals surface area contributed by atoms with E-state index in [9.17, 15) is 110 Å².